The molecule has 0 spiro atoms. The van der Waals surface area contributed by atoms with Crippen molar-refractivity contribution in [2.45, 2.75) is 6.61 Å². The van der Waals surface area contributed by atoms with Crippen LogP contribution >= 0.6 is 12.2 Å². The molecule has 2 N–H and O–H groups in total. The van der Waals surface area contributed by atoms with Gasteiger partial charge in [0.15, 0.2) is 11.6 Å². The number of benzene rings is 1. The molecule has 14 heavy (non-hydrogen) atoms. The molecule has 0 saturated carbocycles. The van der Waals surface area contributed by atoms with E-state index in [0.717, 1.165) is 12.1 Å². The summed E-state index contributed by atoms with van der Waals surface area (Å²) in [4.78, 5) is -0.00695. The Labute approximate surface area is 83.5 Å². The lowest BCUT2D eigenvalue weighted by atomic mass is 10.2. The Morgan fingerprint density at radius 2 is 2.07 bits per heavy atom. The molecule has 6 heteroatoms. The zero-order chi connectivity index (χ0) is 10.7. The second-order valence-corrected chi connectivity index (χ2v) is 2.83. The molecule has 0 aromatic heterocycles. The zero-order valence-corrected chi connectivity index (χ0v) is 7.65. The number of halogens is 3. The molecule has 1 aromatic carbocycles. The van der Waals surface area contributed by atoms with E-state index in [-0.39, 0.29) is 10.6 Å². The van der Waals surface area contributed by atoms with Gasteiger partial charge in [0.25, 0.3) is 0 Å². The van der Waals surface area contributed by atoms with E-state index in [2.05, 4.69) is 17.0 Å². The second-order valence-electron chi connectivity index (χ2n) is 2.39. The summed E-state index contributed by atoms with van der Waals surface area (Å²) in [5.74, 6) is -1.45. The molecule has 2 nitrogen and oxygen atoms in total. The van der Waals surface area contributed by atoms with Crippen LogP contribution in [0.15, 0.2) is 18.2 Å². The molecule has 0 unspecified atom stereocenters. The van der Waals surface area contributed by atoms with Crippen LogP contribution in [0.4, 0.5) is 13.2 Å². The fraction of sp³-hybridized carbons (Fsp3) is 0.125. The van der Waals surface area contributed by atoms with Gasteiger partial charge in [-0.15, -0.1) is 0 Å². The van der Waals surface area contributed by atoms with E-state index in [4.69, 9.17) is 5.73 Å². The number of alkyl halides is 2. The lowest BCUT2D eigenvalue weighted by molar-refractivity contribution is -0.0521. The van der Waals surface area contributed by atoms with Gasteiger partial charge in [0.05, 0.1) is 0 Å². The Hall–Kier alpha value is -1.30. The van der Waals surface area contributed by atoms with Crippen LogP contribution in [0.1, 0.15) is 5.56 Å². The molecule has 0 amide bonds. The minimum absolute atomic E-state index is 0.00695. The van der Waals surface area contributed by atoms with E-state index < -0.39 is 18.2 Å². The van der Waals surface area contributed by atoms with E-state index in [1.165, 1.54) is 6.07 Å². The van der Waals surface area contributed by atoms with Crippen LogP contribution in [0.2, 0.25) is 0 Å². The summed E-state index contributed by atoms with van der Waals surface area (Å²) in [5.41, 5.74) is 5.47. The van der Waals surface area contributed by atoms with Crippen molar-refractivity contribution in [2.24, 2.45) is 5.73 Å². The quantitative estimate of drug-likeness (QED) is 0.793. The van der Waals surface area contributed by atoms with Crippen molar-refractivity contribution in [3.05, 3.63) is 29.6 Å². The highest BCUT2D eigenvalue weighted by Gasteiger charge is 2.10. The number of hydrogen-bond donors (Lipinski definition) is 1. The van der Waals surface area contributed by atoms with Crippen molar-refractivity contribution < 1.29 is 17.9 Å². The highest BCUT2D eigenvalue weighted by atomic mass is 32.1. The minimum atomic E-state index is -3.06. The van der Waals surface area contributed by atoms with Gasteiger partial charge in [-0.2, -0.15) is 8.78 Å². The molecule has 1 aromatic rings. The number of ether oxygens (including phenoxy) is 1. The van der Waals surface area contributed by atoms with E-state index >= 15 is 0 Å². The average molecular weight is 221 g/mol. The molecule has 0 fully saturated rings. The van der Waals surface area contributed by atoms with Gasteiger partial charge in [0, 0.05) is 5.56 Å². The van der Waals surface area contributed by atoms with Crippen LogP contribution in [0.3, 0.4) is 0 Å². The highest BCUT2D eigenvalue weighted by molar-refractivity contribution is 7.80. The first-order valence-electron chi connectivity index (χ1n) is 3.55. The fourth-order valence-electron chi connectivity index (χ4n) is 0.846. The molecule has 0 heterocycles. The van der Waals surface area contributed by atoms with Crippen LogP contribution in [0.25, 0.3) is 0 Å². The molecular weight excluding hydrogens is 215 g/mol. The van der Waals surface area contributed by atoms with Crippen molar-refractivity contribution in [3.8, 4) is 5.75 Å². The largest absolute Gasteiger partial charge is 0.432 e. The van der Waals surface area contributed by atoms with Crippen LogP contribution in [-0.4, -0.2) is 11.6 Å². The number of thiocarbonyl (C=S) groups is 1. The number of nitrogens with two attached hydrogens (primary N) is 1. The van der Waals surface area contributed by atoms with Crippen molar-refractivity contribution in [2.75, 3.05) is 0 Å². The van der Waals surface area contributed by atoms with Gasteiger partial charge in [-0.25, -0.2) is 4.39 Å². The SMILES string of the molecule is NC(=S)c1ccc(OC(F)F)c(F)c1. The van der Waals surface area contributed by atoms with E-state index in [1.807, 2.05) is 0 Å². The zero-order valence-electron chi connectivity index (χ0n) is 6.84. The maximum Gasteiger partial charge on any atom is 0.387 e. The minimum Gasteiger partial charge on any atom is -0.432 e. The van der Waals surface area contributed by atoms with Gasteiger partial charge >= 0.3 is 6.61 Å². The molecule has 0 bridgehead atoms. The predicted octanol–water partition coefficient (Wildman–Crippen LogP) is 2.06. The van der Waals surface area contributed by atoms with Crippen molar-refractivity contribution in [3.63, 3.8) is 0 Å². The van der Waals surface area contributed by atoms with Crippen molar-refractivity contribution in [1.29, 1.82) is 0 Å². The van der Waals surface area contributed by atoms with Gasteiger partial charge in [-0.05, 0) is 18.2 Å². The maximum atomic E-state index is 13.0. The summed E-state index contributed by atoms with van der Waals surface area (Å²) in [5, 5.41) is 0. The smallest absolute Gasteiger partial charge is 0.387 e. The third-order valence-electron chi connectivity index (χ3n) is 1.43. The summed E-state index contributed by atoms with van der Waals surface area (Å²) in [6, 6.07) is 3.30. The molecule has 0 saturated heterocycles. The third kappa shape index (κ3) is 2.59. The Morgan fingerprint density at radius 1 is 1.43 bits per heavy atom. The van der Waals surface area contributed by atoms with E-state index in [0.29, 0.717) is 0 Å². The molecule has 0 radical (unpaired) electrons. The van der Waals surface area contributed by atoms with Gasteiger partial charge in [0.1, 0.15) is 4.99 Å². The van der Waals surface area contributed by atoms with Gasteiger partial charge in [-0.3, -0.25) is 0 Å². The molecule has 1 rings (SSSR count). The molecular formula is C8H6F3NOS. The fourth-order valence-corrected chi connectivity index (χ4v) is 0.973. The highest BCUT2D eigenvalue weighted by Crippen LogP contribution is 2.20. The molecule has 0 aliphatic carbocycles. The van der Waals surface area contributed by atoms with Crippen molar-refractivity contribution in [1.82, 2.24) is 0 Å². The van der Waals surface area contributed by atoms with Crippen molar-refractivity contribution >= 4 is 17.2 Å². The summed E-state index contributed by atoms with van der Waals surface area (Å²) in [7, 11) is 0. The Morgan fingerprint density at radius 3 is 2.50 bits per heavy atom. The van der Waals surface area contributed by atoms with Gasteiger partial charge in [-0.1, -0.05) is 12.2 Å². The molecule has 0 atom stereocenters. The summed E-state index contributed by atoms with van der Waals surface area (Å²) in [6.45, 7) is -3.06. The first kappa shape index (κ1) is 10.8. The van der Waals surface area contributed by atoms with Crippen LogP contribution in [0, 0.1) is 5.82 Å². The lowest BCUT2D eigenvalue weighted by Crippen LogP contribution is -2.10. The standard InChI is InChI=1S/C8H6F3NOS/c9-5-3-4(7(12)14)1-2-6(5)13-8(10)11/h1-3,8H,(H2,12,14). The monoisotopic (exact) mass is 221 g/mol. The first-order chi connectivity index (χ1) is 6.50. The Balaban J connectivity index is 2.95. The van der Waals surface area contributed by atoms with E-state index in [1.54, 1.807) is 0 Å². The third-order valence-corrected chi connectivity index (χ3v) is 1.67. The summed E-state index contributed by atoms with van der Waals surface area (Å²) < 4.78 is 40.3. The van der Waals surface area contributed by atoms with Gasteiger partial charge in [0.2, 0.25) is 0 Å². The predicted molar refractivity (Wildman–Crippen MR) is 48.9 cm³/mol. The summed E-state index contributed by atoms with van der Waals surface area (Å²) in [6.07, 6.45) is 0. The Bertz CT molecular complexity index is 356. The number of rotatable bonds is 3. The topological polar surface area (TPSA) is 35.2 Å². The molecule has 76 valence electrons. The van der Waals surface area contributed by atoms with Crippen LogP contribution in [-0.2, 0) is 0 Å². The average Bonchev–Trinajstić information content (AvgIpc) is 2.07. The van der Waals surface area contributed by atoms with Gasteiger partial charge < -0.3 is 10.5 Å². The van der Waals surface area contributed by atoms with E-state index in [9.17, 15) is 13.2 Å². The normalized spacial score (nSPS) is 10.3. The second kappa shape index (κ2) is 4.28. The number of hydrogen-bond acceptors (Lipinski definition) is 2. The lowest BCUT2D eigenvalue weighted by Gasteiger charge is -2.06. The summed E-state index contributed by atoms with van der Waals surface area (Å²) >= 11 is 4.57. The Kier molecular flexibility index (Phi) is 3.29. The molecule has 0 aliphatic rings. The van der Waals surface area contributed by atoms with Crippen LogP contribution in [0.5, 0.6) is 5.75 Å². The van der Waals surface area contributed by atoms with Crippen LogP contribution < -0.4 is 10.5 Å². The first-order valence-corrected chi connectivity index (χ1v) is 3.95. The maximum absolute atomic E-state index is 13.0. The molecule has 0 aliphatic heterocycles.